The van der Waals surface area contributed by atoms with Crippen molar-refractivity contribution in [1.82, 2.24) is 4.98 Å². The SMILES string of the molecule is O=C(Nc1nc2ccc(Cl)cc2s1)c1ccc(Cl)o1. The monoisotopic (exact) mass is 312 g/mol. The molecule has 0 saturated carbocycles. The minimum Gasteiger partial charge on any atom is -0.440 e. The van der Waals surface area contributed by atoms with Crippen LogP contribution in [0.2, 0.25) is 10.2 Å². The van der Waals surface area contributed by atoms with Crippen LogP contribution in [0.4, 0.5) is 5.13 Å². The number of fused-ring (bicyclic) bond motifs is 1. The van der Waals surface area contributed by atoms with E-state index in [1.54, 1.807) is 18.2 Å². The van der Waals surface area contributed by atoms with Gasteiger partial charge in [-0.15, -0.1) is 0 Å². The number of hydrogen-bond donors (Lipinski definition) is 1. The van der Waals surface area contributed by atoms with Crippen molar-refractivity contribution in [3.05, 3.63) is 46.3 Å². The Balaban J connectivity index is 1.87. The van der Waals surface area contributed by atoms with E-state index in [0.29, 0.717) is 10.2 Å². The second kappa shape index (κ2) is 4.85. The highest BCUT2D eigenvalue weighted by Gasteiger charge is 2.13. The first-order chi connectivity index (χ1) is 9.11. The maximum Gasteiger partial charge on any atom is 0.293 e. The summed E-state index contributed by atoms with van der Waals surface area (Å²) in [6.45, 7) is 0. The molecule has 1 aromatic carbocycles. The zero-order valence-electron chi connectivity index (χ0n) is 9.31. The summed E-state index contributed by atoms with van der Waals surface area (Å²) in [6, 6.07) is 8.36. The molecule has 3 rings (SSSR count). The second-order valence-corrected chi connectivity index (χ2v) is 5.53. The number of benzene rings is 1. The van der Waals surface area contributed by atoms with Crippen LogP contribution in [0.5, 0.6) is 0 Å². The molecule has 0 aliphatic rings. The number of halogens is 2. The summed E-state index contributed by atoms with van der Waals surface area (Å²) in [4.78, 5) is 16.1. The number of carbonyl (C=O) groups excluding carboxylic acids is 1. The molecule has 0 aliphatic heterocycles. The zero-order chi connectivity index (χ0) is 13.4. The van der Waals surface area contributed by atoms with E-state index in [2.05, 4.69) is 10.3 Å². The van der Waals surface area contributed by atoms with Crippen LogP contribution in [0.25, 0.3) is 10.2 Å². The quantitative estimate of drug-likeness (QED) is 0.760. The molecule has 0 bridgehead atoms. The molecule has 0 atom stereocenters. The molecule has 0 radical (unpaired) electrons. The lowest BCUT2D eigenvalue weighted by Gasteiger charge is -1.96. The third-order valence-corrected chi connectivity index (χ3v) is 3.74. The average molecular weight is 313 g/mol. The van der Waals surface area contributed by atoms with Crippen LogP contribution in [0.3, 0.4) is 0 Å². The smallest absolute Gasteiger partial charge is 0.293 e. The number of anilines is 1. The van der Waals surface area contributed by atoms with E-state index < -0.39 is 5.91 Å². The van der Waals surface area contributed by atoms with Gasteiger partial charge in [0.05, 0.1) is 10.2 Å². The standard InChI is InChI=1S/C12H6Cl2N2O2S/c13-6-1-2-7-9(5-6)19-12(15-7)16-11(17)8-3-4-10(14)18-8/h1-5H,(H,15,16,17). The number of carbonyl (C=O) groups is 1. The molecular weight excluding hydrogens is 307 g/mol. The minimum atomic E-state index is -0.392. The summed E-state index contributed by atoms with van der Waals surface area (Å²) in [7, 11) is 0. The summed E-state index contributed by atoms with van der Waals surface area (Å²) >= 11 is 12.8. The van der Waals surface area contributed by atoms with E-state index in [1.165, 1.54) is 23.5 Å². The number of furan rings is 1. The number of nitrogens with zero attached hydrogens (tertiary/aromatic N) is 1. The van der Waals surface area contributed by atoms with Crippen molar-refractivity contribution in [2.75, 3.05) is 5.32 Å². The van der Waals surface area contributed by atoms with Gasteiger partial charge in [0.25, 0.3) is 5.91 Å². The molecule has 0 unspecified atom stereocenters. The fourth-order valence-electron chi connectivity index (χ4n) is 1.55. The summed E-state index contributed by atoms with van der Waals surface area (Å²) in [6.07, 6.45) is 0. The van der Waals surface area contributed by atoms with Gasteiger partial charge < -0.3 is 4.42 Å². The summed E-state index contributed by atoms with van der Waals surface area (Å²) in [5.74, 6) is -0.251. The highest BCUT2D eigenvalue weighted by molar-refractivity contribution is 7.22. The zero-order valence-corrected chi connectivity index (χ0v) is 11.6. The number of rotatable bonds is 2. The molecule has 0 spiro atoms. The van der Waals surface area contributed by atoms with Crippen LogP contribution < -0.4 is 5.32 Å². The largest absolute Gasteiger partial charge is 0.440 e. The lowest BCUT2D eigenvalue weighted by atomic mass is 10.3. The van der Waals surface area contributed by atoms with Crippen molar-refractivity contribution in [2.45, 2.75) is 0 Å². The molecule has 7 heteroatoms. The molecule has 96 valence electrons. The highest BCUT2D eigenvalue weighted by atomic mass is 35.5. The Morgan fingerprint density at radius 3 is 2.84 bits per heavy atom. The van der Waals surface area contributed by atoms with Crippen molar-refractivity contribution in [1.29, 1.82) is 0 Å². The molecule has 0 aliphatic carbocycles. The fourth-order valence-corrected chi connectivity index (χ4v) is 2.83. The maximum absolute atomic E-state index is 11.8. The third kappa shape index (κ3) is 2.58. The van der Waals surface area contributed by atoms with Crippen LogP contribution in [0.1, 0.15) is 10.6 Å². The van der Waals surface area contributed by atoms with E-state index in [-0.39, 0.29) is 11.0 Å². The van der Waals surface area contributed by atoms with E-state index in [0.717, 1.165) is 10.2 Å². The van der Waals surface area contributed by atoms with Gasteiger partial charge in [0.1, 0.15) is 0 Å². The van der Waals surface area contributed by atoms with Crippen molar-refractivity contribution in [3.8, 4) is 0 Å². The second-order valence-electron chi connectivity index (χ2n) is 3.69. The van der Waals surface area contributed by atoms with Gasteiger partial charge in [-0.05, 0) is 41.9 Å². The van der Waals surface area contributed by atoms with Crippen LogP contribution in [0, 0.1) is 0 Å². The molecular formula is C12H6Cl2N2O2S. The van der Waals surface area contributed by atoms with Crippen molar-refractivity contribution in [2.24, 2.45) is 0 Å². The fraction of sp³-hybridized carbons (Fsp3) is 0. The number of nitrogens with one attached hydrogen (secondary N) is 1. The third-order valence-electron chi connectivity index (χ3n) is 2.37. The summed E-state index contributed by atoms with van der Waals surface area (Å²) < 4.78 is 5.92. The van der Waals surface area contributed by atoms with Gasteiger partial charge in [0.2, 0.25) is 0 Å². The van der Waals surface area contributed by atoms with E-state index in [1.807, 2.05) is 0 Å². The normalized spacial score (nSPS) is 10.8. The number of hydrogen-bond acceptors (Lipinski definition) is 4. The molecule has 4 nitrogen and oxygen atoms in total. The number of aromatic nitrogens is 1. The Kier molecular flexibility index (Phi) is 3.18. The van der Waals surface area contributed by atoms with Gasteiger partial charge in [0, 0.05) is 5.02 Å². The summed E-state index contributed by atoms with van der Waals surface area (Å²) in [5.41, 5.74) is 0.780. The molecule has 19 heavy (non-hydrogen) atoms. The summed E-state index contributed by atoms with van der Waals surface area (Å²) in [5, 5.41) is 3.93. The maximum atomic E-state index is 11.8. The number of thiazole rings is 1. The van der Waals surface area contributed by atoms with Gasteiger partial charge in [0.15, 0.2) is 16.1 Å². The predicted octanol–water partition coefficient (Wildman–Crippen LogP) is 4.45. The van der Waals surface area contributed by atoms with Crippen molar-refractivity contribution >= 4 is 55.8 Å². The molecule has 0 fully saturated rings. The lowest BCUT2D eigenvalue weighted by Crippen LogP contribution is -2.10. The first-order valence-corrected chi connectivity index (χ1v) is 6.82. The molecule has 1 amide bonds. The predicted molar refractivity (Wildman–Crippen MR) is 76.3 cm³/mol. The Bertz CT molecular complexity index is 766. The van der Waals surface area contributed by atoms with E-state index in [9.17, 15) is 4.79 Å². The van der Waals surface area contributed by atoms with Crippen molar-refractivity contribution < 1.29 is 9.21 Å². The van der Waals surface area contributed by atoms with Crippen LogP contribution in [-0.4, -0.2) is 10.9 Å². The molecule has 1 N–H and O–H groups in total. The topological polar surface area (TPSA) is 55.1 Å². The van der Waals surface area contributed by atoms with E-state index >= 15 is 0 Å². The Morgan fingerprint density at radius 2 is 2.11 bits per heavy atom. The van der Waals surface area contributed by atoms with E-state index in [4.69, 9.17) is 27.6 Å². The van der Waals surface area contributed by atoms with Crippen LogP contribution in [0.15, 0.2) is 34.7 Å². The first-order valence-electron chi connectivity index (χ1n) is 5.24. The molecule has 2 aromatic heterocycles. The van der Waals surface area contributed by atoms with Gasteiger partial charge in [-0.2, -0.15) is 0 Å². The number of amides is 1. The Morgan fingerprint density at radius 1 is 1.26 bits per heavy atom. The Hall–Kier alpha value is -1.56. The lowest BCUT2D eigenvalue weighted by molar-refractivity contribution is 0.0997. The van der Waals surface area contributed by atoms with Gasteiger partial charge in [-0.25, -0.2) is 4.98 Å². The van der Waals surface area contributed by atoms with Crippen LogP contribution in [-0.2, 0) is 0 Å². The molecule has 0 saturated heterocycles. The minimum absolute atomic E-state index is 0.141. The average Bonchev–Trinajstić information content (AvgIpc) is 2.94. The molecule has 2 heterocycles. The Labute approximate surface area is 122 Å². The first kappa shape index (κ1) is 12.5. The molecule has 3 aromatic rings. The van der Waals surface area contributed by atoms with Crippen LogP contribution >= 0.6 is 34.5 Å². The van der Waals surface area contributed by atoms with Gasteiger partial charge in [-0.3, -0.25) is 10.1 Å². The van der Waals surface area contributed by atoms with Gasteiger partial charge in [-0.1, -0.05) is 22.9 Å². The van der Waals surface area contributed by atoms with Crippen molar-refractivity contribution in [3.63, 3.8) is 0 Å². The highest BCUT2D eigenvalue weighted by Crippen LogP contribution is 2.28. The van der Waals surface area contributed by atoms with Gasteiger partial charge >= 0.3 is 0 Å².